The third-order valence-electron chi connectivity index (χ3n) is 3.58. The van der Waals surface area contributed by atoms with Crippen LogP contribution in [0, 0.1) is 13.8 Å². The molecule has 0 bridgehead atoms. The Morgan fingerprint density at radius 3 is 2.57 bits per heavy atom. The molecule has 1 saturated carbocycles. The summed E-state index contributed by atoms with van der Waals surface area (Å²) in [7, 11) is 0. The summed E-state index contributed by atoms with van der Waals surface area (Å²) in [6.07, 6.45) is 2.33. The standard InChI is InChI=1S/C16H16ClN3O/c1-9-7-10(2)15(12(17)8-9)18-16(21)14-6-5-13(19-20-14)11-3-4-11/h5-8,11H,3-4H2,1-2H3,(H,18,21). The van der Waals surface area contributed by atoms with Gasteiger partial charge in [-0.05, 0) is 56.0 Å². The topological polar surface area (TPSA) is 54.9 Å². The molecule has 1 aliphatic carbocycles. The number of anilines is 1. The molecule has 1 aliphatic rings. The van der Waals surface area contributed by atoms with Gasteiger partial charge in [-0.3, -0.25) is 4.79 Å². The number of nitrogens with zero attached hydrogens (tertiary/aromatic N) is 2. The van der Waals surface area contributed by atoms with Crippen molar-refractivity contribution in [3.8, 4) is 0 Å². The minimum Gasteiger partial charge on any atom is -0.319 e. The predicted molar refractivity (Wildman–Crippen MR) is 82.9 cm³/mol. The van der Waals surface area contributed by atoms with E-state index in [9.17, 15) is 4.79 Å². The first kappa shape index (κ1) is 14.0. The van der Waals surface area contributed by atoms with E-state index in [1.807, 2.05) is 32.0 Å². The Labute approximate surface area is 128 Å². The van der Waals surface area contributed by atoms with Crippen molar-refractivity contribution in [1.82, 2.24) is 10.2 Å². The number of aromatic nitrogens is 2. The first-order valence-corrected chi connectivity index (χ1v) is 7.34. The molecule has 1 aromatic carbocycles. The van der Waals surface area contributed by atoms with Gasteiger partial charge in [0.2, 0.25) is 0 Å². The highest BCUT2D eigenvalue weighted by atomic mass is 35.5. The lowest BCUT2D eigenvalue weighted by Crippen LogP contribution is -2.15. The molecule has 5 heteroatoms. The van der Waals surface area contributed by atoms with Crippen LogP contribution in [0.4, 0.5) is 5.69 Å². The van der Waals surface area contributed by atoms with E-state index in [4.69, 9.17) is 11.6 Å². The van der Waals surface area contributed by atoms with Gasteiger partial charge in [0.1, 0.15) is 0 Å². The summed E-state index contributed by atoms with van der Waals surface area (Å²) in [5, 5.41) is 11.5. The van der Waals surface area contributed by atoms with Crippen LogP contribution in [0.5, 0.6) is 0 Å². The quantitative estimate of drug-likeness (QED) is 0.936. The minimum atomic E-state index is -0.293. The van der Waals surface area contributed by atoms with E-state index in [1.54, 1.807) is 6.07 Å². The Balaban J connectivity index is 1.79. The van der Waals surface area contributed by atoms with Gasteiger partial charge in [-0.2, -0.15) is 5.10 Å². The summed E-state index contributed by atoms with van der Waals surface area (Å²) in [5.41, 5.74) is 3.88. The summed E-state index contributed by atoms with van der Waals surface area (Å²) >= 11 is 6.19. The van der Waals surface area contributed by atoms with Gasteiger partial charge < -0.3 is 5.32 Å². The average Bonchev–Trinajstić information content (AvgIpc) is 3.27. The molecule has 0 radical (unpaired) electrons. The van der Waals surface area contributed by atoms with Gasteiger partial charge in [0.25, 0.3) is 5.91 Å². The first-order valence-electron chi connectivity index (χ1n) is 6.96. The number of hydrogen-bond acceptors (Lipinski definition) is 3. The molecular formula is C16H16ClN3O. The van der Waals surface area contributed by atoms with Crippen molar-refractivity contribution in [2.45, 2.75) is 32.6 Å². The van der Waals surface area contributed by atoms with Crippen molar-refractivity contribution in [2.75, 3.05) is 5.32 Å². The summed E-state index contributed by atoms with van der Waals surface area (Å²) in [6.45, 7) is 3.88. The molecule has 1 N–H and O–H groups in total. The second kappa shape index (κ2) is 5.45. The molecule has 0 saturated heterocycles. The maximum atomic E-state index is 12.2. The third kappa shape index (κ3) is 3.05. The van der Waals surface area contributed by atoms with E-state index in [0.29, 0.717) is 22.3 Å². The number of carbonyl (C=O) groups excluding carboxylic acids is 1. The van der Waals surface area contributed by atoms with Crippen molar-refractivity contribution in [3.05, 3.63) is 51.8 Å². The van der Waals surface area contributed by atoms with Crippen LogP contribution in [0.2, 0.25) is 5.02 Å². The molecule has 1 fully saturated rings. The van der Waals surface area contributed by atoms with Crippen LogP contribution in [-0.2, 0) is 0 Å². The highest BCUT2D eigenvalue weighted by molar-refractivity contribution is 6.34. The number of carbonyl (C=O) groups is 1. The molecule has 21 heavy (non-hydrogen) atoms. The molecule has 0 unspecified atom stereocenters. The van der Waals surface area contributed by atoms with E-state index >= 15 is 0 Å². The van der Waals surface area contributed by atoms with Crippen LogP contribution >= 0.6 is 11.6 Å². The highest BCUT2D eigenvalue weighted by Crippen LogP contribution is 2.38. The average molecular weight is 302 g/mol. The zero-order chi connectivity index (χ0) is 15.0. The summed E-state index contributed by atoms with van der Waals surface area (Å²) in [6, 6.07) is 7.39. The van der Waals surface area contributed by atoms with Crippen molar-refractivity contribution in [3.63, 3.8) is 0 Å². The monoisotopic (exact) mass is 301 g/mol. The van der Waals surface area contributed by atoms with Gasteiger partial charge in [0, 0.05) is 5.92 Å². The molecule has 0 atom stereocenters. The molecule has 2 aromatic rings. The van der Waals surface area contributed by atoms with Crippen molar-refractivity contribution >= 4 is 23.2 Å². The fourth-order valence-electron chi connectivity index (χ4n) is 2.31. The number of rotatable bonds is 3. The smallest absolute Gasteiger partial charge is 0.276 e. The molecule has 0 spiro atoms. The number of halogens is 1. The summed E-state index contributed by atoms with van der Waals surface area (Å²) in [4.78, 5) is 12.2. The van der Waals surface area contributed by atoms with Crippen LogP contribution in [0.1, 0.15) is 46.1 Å². The van der Waals surface area contributed by atoms with Crippen LogP contribution in [-0.4, -0.2) is 16.1 Å². The van der Waals surface area contributed by atoms with Gasteiger partial charge in [-0.1, -0.05) is 17.7 Å². The maximum absolute atomic E-state index is 12.2. The third-order valence-corrected chi connectivity index (χ3v) is 3.88. The van der Waals surface area contributed by atoms with E-state index < -0.39 is 0 Å². The van der Waals surface area contributed by atoms with Gasteiger partial charge in [-0.15, -0.1) is 5.10 Å². The van der Waals surface area contributed by atoms with Crippen molar-refractivity contribution in [1.29, 1.82) is 0 Å². The first-order chi connectivity index (χ1) is 10.0. The second-order valence-corrected chi connectivity index (χ2v) is 5.92. The summed E-state index contributed by atoms with van der Waals surface area (Å²) < 4.78 is 0. The van der Waals surface area contributed by atoms with Gasteiger partial charge in [-0.25, -0.2) is 0 Å². The largest absolute Gasteiger partial charge is 0.319 e. The fraction of sp³-hybridized carbons (Fsp3) is 0.312. The fourth-order valence-corrected chi connectivity index (χ4v) is 2.68. The maximum Gasteiger partial charge on any atom is 0.276 e. The molecule has 3 rings (SSSR count). The normalized spacial score (nSPS) is 14.0. The van der Waals surface area contributed by atoms with Crippen LogP contribution in [0.25, 0.3) is 0 Å². The number of hydrogen-bond donors (Lipinski definition) is 1. The highest BCUT2D eigenvalue weighted by Gasteiger charge is 2.25. The summed E-state index contributed by atoms with van der Waals surface area (Å²) in [5.74, 6) is 0.238. The molecule has 1 aromatic heterocycles. The Bertz CT molecular complexity index is 670. The van der Waals surface area contributed by atoms with Crippen LogP contribution < -0.4 is 5.32 Å². The molecule has 1 amide bonds. The van der Waals surface area contributed by atoms with E-state index in [1.165, 1.54) is 12.8 Å². The molecule has 1 heterocycles. The SMILES string of the molecule is Cc1cc(C)c(NC(=O)c2ccc(C3CC3)nn2)c(Cl)c1. The lowest BCUT2D eigenvalue weighted by Gasteiger charge is -2.11. The Hall–Kier alpha value is -1.94. The van der Waals surface area contributed by atoms with Crippen LogP contribution in [0.15, 0.2) is 24.3 Å². The van der Waals surface area contributed by atoms with Crippen molar-refractivity contribution in [2.24, 2.45) is 0 Å². The number of aryl methyl sites for hydroxylation is 2. The van der Waals surface area contributed by atoms with Crippen LogP contribution in [0.3, 0.4) is 0 Å². The number of nitrogens with one attached hydrogen (secondary N) is 1. The Kier molecular flexibility index (Phi) is 3.64. The zero-order valence-electron chi connectivity index (χ0n) is 12.0. The Morgan fingerprint density at radius 1 is 1.24 bits per heavy atom. The lowest BCUT2D eigenvalue weighted by molar-refractivity contribution is 0.102. The second-order valence-electron chi connectivity index (χ2n) is 5.51. The van der Waals surface area contributed by atoms with E-state index in [0.717, 1.165) is 16.8 Å². The van der Waals surface area contributed by atoms with E-state index in [2.05, 4.69) is 15.5 Å². The molecule has 0 aliphatic heterocycles. The molecule has 108 valence electrons. The number of amides is 1. The minimum absolute atomic E-state index is 0.293. The zero-order valence-corrected chi connectivity index (χ0v) is 12.7. The van der Waals surface area contributed by atoms with Gasteiger partial charge in [0.05, 0.1) is 16.4 Å². The number of benzene rings is 1. The van der Waals surface area contributed by atoms with Gasteiger partial charge >= 0.3 is 0 Å². The van der Waals surface area contributed by atoms with Crippen molar-refractivity contribution < 1.29 is 4.79 Å². The predicted octanol–water partition coefficient (Wildman–Crippen LogP) is 3.88. The molecular weight excluding hydrogens is 286 g/mol. The van der Waals surface area contributed by atoms with Gasteiger partial charge in [0.15, 0.2) is 5.69 Å². The Morgan fingerprint density at radius 2 is 2.00 bits per heavy atom. The van der Waals surface area contributed by atoms with E-state index in [-0.39, 0.29) is 5.91 Å². The molecule has 4 nitrogen and oxygen atoms in total. The lowest BCUT2D eigenvalue weighted by atomic mass is 10.1.